The second-order valence-electron chi connectivity index (χ2n) is 6.65. The molecule has 0 saturated carbocycles. The van der Waals surface area contributed by atoms with E-state index in [4.69, 9.17) is 4.42 Å². The Morgan fingerprint density at radius 2 is 2.04 bits per heavy atom. The predicted octanol–water partition coefficient (Wildman–Crippen LogP) is 2.97. The summed E-state index contributed by atoms with van der Waals surface area (Å²) < 4.78 is 20.5. The van der Waals surface area contributed by atoms with E-state index in [1.54, 1.807) is 23.1 Å². The Morgan fingerprint density at radius 1 is 1.22 bits per heavy atom. The lowest BCUT2D eigenvalue weighted by Crippen LogP contribution is -3.06. The van der Waals surface area contributed by atoms with Gasteiger partial charge in [-0.3, -0.25) is 9.69 Å². The molecule has 2 aromatic carbocycles. The van der Waals surface area contributed by atoms with Crippen LogP contribution in [0.15, 0.2) is 52.9 Å². The van der Waals surface area contributed by atoms with Crippen LogP contribution in [0.5, 0.6) is 0 Å². The Bertz CT molecular complexity index is 1090. The minimum absolute atomic E-state index is 0.254. The lowest BCUT2D eigenvalue weighted by atomic mass is 10.2. The number of anilines is 1. The molecule has 0 atom stereocenters. The molecule has 1 amide bonds. The molecule has 0 saturated heterocycles. The molecular formula is C20H19FN3O2S+. The molecule has 0 fully saturated rings. The van der Waals surface area contributed by atoms with Crippen molar-refractivity contribution in [3.05, 3.63) is 60.1 Å². The van der Waals surface area contributed by atoms with Gasteiger partial charge in [-0.25, -0.2) is 9.37 Å². The Morgan fingerprint density at radius 3 is 2.78 bits per heavy atom. The highest BCUT2D eigenvalue weighted by Crippen LogP contribution is 2.31. The van der Waals surface area contributed by atoms with E-state index < -0.39 is 0 Å². The molecule has 0 spiro atoms. The number of nitrogens with one attached hydrogen (secondary N) is 1. The predicted molar refractivity (Wildman–Crippen MR) is 105 cm³/mol. The zero-order valence-electron chi connectivity index (χ0n) is 15.0. The Kier molecular flexibility index (Phi) is 4.63. The number of thiazole rings is 1. The van der Waals surface area contributed by atoms with Gasteiger partial charge in [0, 0.05) is 5.39 Å². The second-order valence-corrected chi connectivity index (χ2v) is 7.65. The Hall–Kier alpha value is -2.77. The van der Waals surface area contributed by atoms with E-state index >= 15 is 0 Å². The summed E-state index contributed by atoms with van der Waals surface area (Å²) >= 11 is 1.30. The van der Waals surface area contributed by atoms with Gasteiger partial charge in [-0.1, -0.05) is 35.6 Å². The summed E-state index contributed by atoms with van der Waals surface area (Å²) in [5.41, 5.74) is 0.950. The van der Waals surface area contributed by atoms with Gasteiger partial charge in [0.25, 0.3) is 5.91 Å². The van der Waals surface area contributed by atoms with Crippen molar-refractivity contribution in [3.8, 4) is 0 Å². The molecular weight excluding hydrogens is 365 g/mol. The van der Waals surface area contributed by atoms with Gasteiger partial charge < -0.3 is 9.32 Å². The maximum Gasteiger partial charge on any atom is 0.296 e. The highest BCUT2D eigenvalue weighted by Gasteiger charge is 2.25. The first-order chi connectivity index (χ1) is 13.0. The SMILES string of the molecule is C[NH+](C)CCN(C(=O)c1cc2ccccc2o1)c1nc2c(F)cccc2s1. The number of amides is 1. The number of rotatable bonds is 5. The van der Waals surface area contributed by atoms with Crippen molar-refractivity contribution in [1.29, 1.82) is 0 Å². The molecule has 0 aliphatic rings. The third kappa shape index (κ3) is 3.43. The first-order valence-electron chi connectivity index (χ1n) is 8.67. The molecule has 27 heavy (non-hydrogen) atoms. The molecule has 0 aliphatic carbocycles. The summed E-state index contributed by atoms with van der Waals surface area (Å²) in [6.45, 7) is 1.18. The van der Waals surface area contributed by atoms with Crippen LogP contribution in [0.4, 0.5) is 9.52 Å². The zero-order chi connectivity index (χ0) is 19.0. The van der Waals surface area contributed by atoms with E-state index in [0.717, 1.165) is 11.9 Å². The zero-order valence-corrected chi connectivity index (χ0v) is 15.8. The maximum atomic E-state index is 14.1. The number of benzene rings is 2. The highest BCUT2D eigenvalue weighted by atomic mass is 32.1. The number of likely N-dealkylation sites (N-methyl/N-ethyl adjacent to an activating group) is 1. The first-order valence-corrected chi connectivity index (χ1v) is 9.49. The van der Waals surface area contributed by atoms with Crippen molar-refractivity contribution < 1.29 is 18.5 Å². The molecule has 4 rings (SSSR count). The third-order valence-corrected chi connectivity index (χ3v) is 5.35. The fourth-order valence-electron chi connectivity index (χ4n) is 2.86. The molecule has 1 N–H and O–H groups in total. The van der Waals surface area contributed by atoms with Gasteiger partial charge in [0.05, 0.1) is 31.9 Å². The van der Waals surface area contributed by atoms with Crippen molar-refractivity contribution in [1.82, 2.24) is 4.98 Å². The summed E-state index contributed by atoms with van der Waals surface area (Å²) in [4.78, 5) is 20.4. The number of quaternary nitrogens is 1. The quantitative estimate of drug-likeness (QED) is 0.576. The van der Waals surface area contributed by atoms with Crippen molar-refractivity contribution in [2.45, 2.75) is 0 Å². The van der Waals surface area contributed by atoms with Crippen molar-refractivity contribution in [3.63, 3.8) is 0 Å². The summed E-state index contributed by atoms with van der Waals surface area (Å²) in [7, 11) is 4.03. The number of para-hydroxylation sites is 2. The van der Waals surface area contributed by atoms with Gasteiger partial charge >= 0.3 is 0 Å². The fourth-order valence-corrected chi connectivity index (χ4v) is 3.86. The molecule has 0 aliphatic heterocycles. The summed E-state index contributed by atoms with van der Waals surface area (Å²) in [5, 5.41) is 1.34. The van der Waals surface area contributed by atoms with Gasteiger partial charge in [0.2, 0.25) is 0 Å². The van der Waals surface area contributed by atoms with Crippen LogP contribution in [0, 0.1) is 5.82 Å². The van der Waals surface area contributed by atoms with Gasteiger partial charge in [-0.05, 0) is 24.3 Å². The van der Waals surface area contributed by atoms with Crippen LogP contribution in [0.2, 0.25) is 0 Å². The molecule has 0 radical (unpaired) electrons. The third-order valence-electron chi connectivity index (χ3n) is 4.31. The Balaban J connectivity index is 1.74. The molecule has 5 nitrogen and oxygen atoms in total. The number of fused-ring (bicyclic) bond motifs is 2. The number of carbonyl (C=O) groups is 1. The smallest absolute Gasteiger partial charge is 0.296 e. The monoisotopic (exact) mass is 384 g/mol. The van der Waals surface area contributed by atoms with Crippen LogP contribution in [0.3, 0.4) is 0 Å². The summed E-state index contributed by atoms with van der Waals surface area (Å²) in [5.74, 6) is -0.402. The standard InChI is InChI=1S/C20H18FN3O2S/c1-23(2)10-11-24(20-22-18-14(21)7-5-9-17(18)27-20)19(25)16-12-13-6-3-4-8-15(13)26-16/h3-9,12H,10-11H2,1-2H3/p+1. The number of furan rings is 1. The lowest BCUT2D eigenvalue weighted by Gasteiger charge is -2.19. The molecule has 7 heteroatoms. The van der Waals surface area contributed by atoms with Gasteiger partial charge in [-0.15, -0.1) is 0 Å². The van der Waals surface area contributed by atoms with E-state index in [1.165, 1.54) is 22.3 Å². The summed E-state index contributed by atoms with van der Waals surface area (Å²) in [6, 6.07) is 14.1. The van der Waals surface area contributed by atoms with Gasteiger partial charge in [0.15, 0.2) is 10.9 Å². The minimum Gasteiger partial charge on any atom is -0.451 e. The van der Waals surface area contributed by atoms with E-state index in [9.17, 15) is 9.18 Å². The molecule has 2 heterocycles. The largest absolute Gasteiger partial charge is 0.451 e. The van der Waals surface area contributed by atoms with Crippen molar-refractivity contribution in [2.75, 3.05) is 32.1 Å². The normalized spacial score (nSPS) is 11.6. The lowest BCUT2D eigenvalue weighted by molar-refractivity contribution is -0.856. The van der Waals surface area contributed by atoms with Gasteiger partial charge in [0.1, 0.15) is 16.9 Å². The molecule has 2 aromatic heterocycles. The van der Waals surface area contributed by atoms with Crippen LogP contribution in [-0.2, 0) is 0 Å². The fraction of sp³-hybridized carbons (Fsp3) is 0.200. The van der Waals surface area contributed by atoms with Crippen LogP contribution in [0.1, 0.15) is 10.6 Å². The second kappa shape index (κ2) is 7.09. The van der Waals surface area contributed by atoms with E-state index in [0.29, 0.717) is 22.0 Å². The highest BCUT2D eigenvalue weighted by molar-refractivity contribution is 7.22. The van der Waals surface area contributed by atoms with Crippen LogP contribution >= 0.6 is 11.3 Å². The Labute approximate surface area is 159 Å². The number of carbonyl (C=O) groups excluding carboxylic acids is 1. The number of halogens is 1. The van der Waals surface area contributed by atoms with Gasteiger partial charge in [-0.2, -0.15) is 0 Å². The van der Waals surface area contributed by atoms with E-state index in [2.05, 4.69) is 4.98 Å². The minimum atomic E-state index is -0.385. The van der Waals surface area contributed by atoms with E-state index in [1.807, 2.05) is 38.4 Å². The van der Waals surface area contributed by atoms with Crippen LogP contribution in [-0.4, -0.2) is 38.1 Å². The number of hydrogen-bond donors (Lipinski definition) is 1. The number of hydrogen-bond acceptors (Lipinski definition) is 4. The van der Waals surface area contributed by atoms with Crippen molar-refractivity contribution >= 4 is 43.6 Å². The number of aromatic nitrogens is 1. The molecule has 4 aromatic rings. The topological polar surface area (TPSA) is 50.8 Å². The average molecular weight is 384 g/mol. The van der Waals surface area contributed by atoms with Crippen LogP contribution in [0.25, 0.3) is 21.2 Å². The summed E-state index contributed by atoms with van der Waals surface area (Å²) in [6.07, 6.45) is 0. The molecule has 0 unspecified atom stereocenters. The van der Waals surface area contributed by atoms with Crippen LogP contribution < -0.4 is 9.80 Å². The van der Waals surface area contributed by atoms with Crippen molar-refractivity contribution in [2.24, 2.45) is 0 Å². The maximum absolute atomic E-state index is 14.1. The molecule has 138 valence electrons. The number of nitrogens with zero attached hydrogens (tertiary/aromatic N) is 2. The average Bonchev–Trinajstić information content (AvgIpc) is 3.26. The van der Waals surface area contributed by atoms with E-state index in [-0.39, 0.29) is 23.0 Å². The molecule has 0 bridgehead atoms. The first kappa shape index (κ1) is 17.6.